The fourth-order valence-electron chi connectivity index (χ4n) is 3.28. The Kier molecular flexibility index (Phi) is 5.07. The molecule has 4 rings (SSSR count). The number of fused-ring (bicyclic) bond motifs is 2. The molecule has 8 heteroatoms. The van der Waals surface area contributed by atoms with Crippen LogP contribution in [0.1, 0.15) is 28.2 Å². The Morgan fingerprint density at radius 2 is 1.97 bits per heavy atom. The van der Waals surface area contributed by atoms with Crippen LogP contribution in [0, 0.1) is 5.82 Å². The molecule has 1 aliphatic rings. The Morgan fingerprint density at radius 1 is 1.17 bits per heavy atom. The molecule has 0 atom stereocenters. The highest BCUT2D eigenvalue weighted by molar-refractivity contribution is 5.95. The Morgan fingerprint density at radius 3 is 2.76 bits per heavy atom. The number of amides is 1. The predicted octanol–water partition coefficient (Wildman–Crippen LogP) is 1.95. The Labute approximate surface area is 165 Å². The predicted molar refractivity (Wildman–Crippen MR) is 103 cm³/mol. The number of nitrogens with zero attached hydrogens (tertiary/aromatic N) is 2. The minimum absolute atomic E-state index is 0.109. The van der Waals surface area contributed by atoms with Gasteiger partial charge in [-0.1, -0.05) is 12.1 Å². The van der Waals surface area contributed by atoms with E-state index in [-0.39, 0.29) is 23.5 Å². The van der Waals surface area contributed by atoms with E-state index >= 15 is 0 Å². The number of carbonyl (C=O) groups excluding carboxylic acids is 2. The Bertz CT molecular complexity index is 1160. The van der Waals surface area contributed by atoms with Crippen LogP contribution in [0.4, 0.5) is 4.39 Å². The largest absolute Gasteiger partial charge is 0.452 e. The van der Waals surface area contributed by atoms with E-state index in [1.54, 1.807) is 22.8 Å². The van der Waals surface area contributed by atoms with Gasteiger partial charge >= 0.3 is 5.97 Å². The third kappa shape index (κ3) is 4.01. The summed E-state index contributed by atoms with van der Waals surface area (Å²) in [4.78, 5) is 41.1. The molecule has 2 aromatic carbocycles. The minimum atomic E-state index is -0.675. The van der Waals surface area contributed by atoms with Crippen molar-refractivity contribution in [3.63, 3.8) is 0 Å². The molecule has 1 aromatic heterocycles. The summed E-state index contributed by atoms with van der Waals surface area (Å²) < 4.78 is 19.6. The molecule has 0 saturated carbocycles. The molecule has 0 spiro atoms. The van der Waals surface area contributed by atoms with E-state index in [1.807, 2.05) is 0 Å². The van der Waals surface area contributed by atoms with Crippen LogP contribution in [-0.2, 0) is 29.0 Å². The van der Waals surface area contributed by atoms with Gasteiger partial charge in [-0.25, -0.2) is 14.2 Å². The highest BCUT2D eigenvalue weighted by Crippen LogP contribution is 2.16. The van der Waals surface area contributed by atoms with Crippen LogP contribution in [0.5, 0.6) is 0 Å². The number of rotatable bonds is 5. The summed E-state index contributed by atoms with van der Waals surface area (Å²) in [5.74, 6) is -0.788. The first-order chi connectivity index (χ1) is 14.0. The number of hydrogen-bond donors (Lipinski definition) is 1. The lowest BCUT2D eigenvalue weighted by molar-refractivity contribution is -0.124. The molecular weight excluding hydrogens is 377 g/mol. The standard InChI is InChI=1S/C21H18FN3O4/c22-15-6-3-13(4-7-15)11-23-19(26)12-29-21(28)14-5-8-16-17(10-14)24-18-2-1-9-25(18)20(16)27/h3-8,10H,1-2,9,11-12H2,(H,23,26). The van der Waals surface area contributed by atoms with Crippen LogP contribution < -0.4 is 10.9 Å². The zero-order valence-corrected chi connectivity index (χ0v) is 15.5. The fourth-order valence-corrected chi connectivity index (χ4v) is 3.28. The van der Waals surface area contributed by atoms with Gasteiger partial charge in [0.25, 0.3) is 11.5 Å². The molecule has 0 unspecified atom stereocenters. The van der Waals surface area contributed by atoms with Crippen LogP contribution in [-0.4, -0.2) is 28.0 Å². The molecule has 0 bridgehead atoms. The van der Waals surface area contributed by atoms with Gasteiger partial charge in [0.2, 0.25) is 0 Å². The van der Waals surface area contributed by atoms with Crippen molar-refractivity contribution in [2.45, 2.75) is 25.9 Å². The van der Waals surface area contributed by atoms with Crippen LogP contribution in [0.25, 0.3) is 10.9 Å². The van der Waals surface area contributed by atoms with E-state index in [1.165, 1.54) is 24.3 Å². The normalized spacial score (nSPS) is 12.6. The molecule has 2 heterocycles. The van der Waals surface area contributed by atoms with Gasteiger partial charge in [0.05, 0.1) is 16.5 Å². The van der Waals surface area contributed by atoms with Gasteiger partial charge in [-0.2, -0.15) is 0 Å². The topological polar surface area (TPSA) is 90.3 Å². The number of halogens is 1. The number of hydrogen-bond acceptors (Lipinski definition) is 5. The highest BCUT2D eigenvalue weighted by Gasteiger charge is 2.18. The molecule has 0 saturated heterocycles. The lowest BCUT2D eigenvalue weighted by atomic mass is 10.1. The third-order valence-electron chi connectivity index (χ3n) is 4.79. The van der Waals surface area contributed by atoms with Crippen LogP contribution in [0.3, 0.4) is 0 Å². The molecule has 0 radical (unpaired) electrons. The second kappa shape index (κ2) is 7.83. The summed E-state index contributed by atoms with van der Waals surface area (Å²) in [6.45, 7) is 0.415. The molecule has 1 amide bonds. The minimum Gasteiger partial charge on any atom is -0.452 e. The number of carbonyl (C=O) groups is 2. The molecule has 29 heavy (non-hydrogen) atoms. The summed E-state index contributed by atoms with van der Waals surface area (Å²) in [5, 5.41) is 3.04. The van der Waals surface area contributed by atoms with E-state index in [4.69, 9.17) is 4.74 Å². The van der Waals surface area contributed by atoms with Gasteiger partial charge in [0, 0.05) is 19.5 Å². The number of nitrogens with one attached hydrogen (secondary N) is 1. The zero-order chi connectivity index (χ0) is 20.4. The van der Waals surface area contributed by atoms with E-state index in [0.717, 1.165) is 18.4 Å². The van der Waals surface area contributed by atoms with Crippen LogP contribution >= 0.6 is 0 Å². The Hall–Kier alpha value is -3.55. The number of aryl methyl sites for hydroxylation is 1. The second-order valence-electron chi connectivity index (χ2n) is 6.80. The summed E-state index contributed by atoms with van der Waals surface area (Å²) in [5.41, 5.74) is 1.28. The van der Waals surface area contributed by atoms with Crippen molar-refractivity contribution in [2.75, 3.05) is 6.61 Å². The lowest BCUT2D eigenvalue weighted by Crippen LogP contribution is -2.28. The van der Waals surface area contributed by atoms with Gasteiger partial charge in [-0.05, 0) is 42.3 Å². The molecule has 0 aliphatic carbocycles. The maximum atomic E-state index is 12.9. The summed E-state index contributed by atoms with van der Waals surface area (Å²) in [6, 6.07) is 10.3. The maximum absolute atomic E-state index is 12.9. The van der Waals surface area contributed by atoms with Crippen molar-refractivity contribution in [3.05, 3.63) is 75.6 Å². The van der Waals surface area contributed by atoms with Crippen LogP contribution in [0.15, 0.2) is 47.3 Å². The fraction of sp³-hybridized carbons (Fsp3) is 0.238. The summed E-state index contributed by atoms with van der Waals surface area (Å²) in [6.07, 6.45) is 1.61. The third-order valence-corrected chi connectivity index (χ3v) is 4.79. The summed E-state index contributed by atoms with van der Waals surface area (Å²) >= 11 is 0. The van der Waals surface area contributed by atoms with Gasteiger partial charge in [0.1, 0.15) is 11.6 Å². The summed E-state index contributed by atoms with van der Waals surface area (Å²) in [7, 11) is 0. The lowest BCUT2D eigenvalue weighted by Gasteiger charge is -2.08. The first-order valence-corrected chi connectivity index (χ1v) is 9.23. The van der Waals surface area contributed by atoms with Crippen molar-refractivity contribution in [1.29, 1.82) is 0 Å². The zero-order valence-electron chi connectivity index (χ0n) is 15.5. The molecule has 0 fully saturated rings. The average molecular weight is 395 g/mol. The molecule has 3 aromatic rings. The van der Waals surface area contributed by atoms with Crippen molar-refractivity contribution in [3.8, 4) is 0 Å². The first kappa shape index (κ1) is 18.8. The molecule has 148 valence electrons. The van der Waals surface area contributed by atoms with Gasteiger partial charge in [-0.3, -0.25) is 14.2 Å². The van der Waals surface area contributed by atoms with Crippen molar-refractivity contribution < 1.29 is 18.7 Å². The van der Waals surface area contributed by atoms with E-state index in [2.05, 4.69) is 10.3 Å². The quantitative estimate of drug-likeness (QED) is 0.667. The van der Waals surface area contributed by atoms with E-state index in [9.17, 15) is 18.8 Å². The van der Waals surface area contributed by atoms with Crippen molar-refractivity contribution >= 4 is 22.8 Å². The van der Waals surface area contributed by atoms with E-state index in [0.29, 0.717) is 23.3 Å². The second-order valence-corrected chi connectivity index (χ2v) is 6.80. The van der Waals surface area contributed by atoms with E-state index < -0.39 is 18.5 Å². The number of ether oxygens (including phenoxy) is 1. The van der Waals surface area contributed by atoms with Crippen molar-refractivity contribution in [1.82, 2.24) is 14.9 Å². The van der Waals surface area contributed by atoms with Crippen LogP contribution in [0.2, 0.25) is 0 Å². The first-order valence-electron chi connectivity index (χ1n) is 9.23. The molecular formula is C21H18FN3O4. The number of aromatic nitrogens is 2. The van der Waals surface area contributed by atoms with Gasteiger partial charge in [-0.15, -0.1) is 0 Å². The number of benzene rings is 2. The average Bonchev–Trinajstić information content (AvgIpc) is 3.20. The number of esters is 1. The highest BCUT2D eigenvalue weighted by atomic mass is 19.1. The smallest absolute Gasteiger partial charge is 0.338 e. The Balaban J connectivity index is 1.38. The van der Waals surface area contributed by atoms with Gasteiger partial charge < -0.3 is 10.1 Å². The molecule has 1 N–H and O–H groups in total. The SMILES string of the molecule is O=C(COC(=O)c1ccc2c(=O)n3c(nc2c1)CCC3)NCc1ccc(F)cc1. The maximum Gasteiger partial charge on any atom is 0.338 e. The van der Waals surface area contributed by atoms with Gasteiger partial charge in [0.15, 0.2) is 6.61 Å². The van der Waals surface area contributed by atoms with Crippen molar-refractivity contribution in [2.24, 2.45) is 0 Å². The molecule has 7 nitrogen and oxygen atoms in total. The monoisotopic (exact) mass is 395 g/mol. The molecule has 1 aliphatic heterocycles.